The Kier molecular flexibility index (Phi) is 5.11. The minimum atomic E-state index is 0.126. The lowest BCUT2D eigenvalue weighted by atomic mass is 10.1. The highest BCUT2D eigenvalue weighted by Crippen LogP contribution is 2.23. The molecule has 1 aromatic carbocycles. The van der Waals surface area contributed by atoms with E-state index < -0.39 is 0 Å². The lowest BCUT2D eigenvalue weighted by Gasteiger charge is -2.41. The maximum Gasteiger partial charge on any atom is 0.227 e. The van der Waals surface area contributed by atoms with Gasteiger partial charge in [0.1, 0.15) is 0 Å². The Morgan fingerprint density at radius 2 is 1.81 bits per heavy atom. The Balaban J connectivity index is 1.70. The molecular weight excluding hydrogens is 326 g/mol. The third kappa shape index (κ3) is 3.64. The molecular formula is C20H27N5O. The molecule has 6 heteroatoms. The van der Waals surface area contributed by atoms with E-state index >= 15 is 0 Å². The molecule has 0 radical (unpaired) electrons. The number of nitrogens with zero attached hydrogens (tertiary/aromatic N) is 4. The van der Waals surface area contributed by atoms with Crippen LogP contribution < -0.4 is 10.6 Å². The van der Waals surface area contributed by atoms with Crippen LogP contribution >= 0.6 is 0 Å². The number of carbonyl (C=O) groups excluding carboxylic acids is 1. The molecule has 2 N–H and O–H groups in total. The highest BCUT2D eigenvalue weighted by atomic mass is 16.2. The van der Waals surface area contributed by atoms with Crippen molar-refractivity contribution in [1.82, 2.24) is 14.9 Å². The zero-order valence-corrected chi connectivity index (χ0v) is 16.0. The van der Waals surface area contributed by atoms with Gasteiger partial charge in [0.15, 0.2) is 0 Å². The van der Waals surface area contributed by atoms with E-state index in [2.05, 4.69) is 53.0 Å². The number of hydrogen-bond acceptors (Lipinski definition) is 5. The second kappa shape index (κ2) is 7.32. The second-order valence-corrected chi connectivity index (χ2v) is 7.08. The number of nitrogens with two attached hydrogens (primary N) is 1. The number of aryl methyl sites for hydroxylation is 3. The molecule has 1 aromatic heterocycles. The van der Waals surface area contributed by atoms with Gasteiger partial charge in [-0.05, 0) is 39.3 Å². The van der Waals surface area contributed by atoms with Gasteiger partial charge in [0.2, 0.25) is 11.9 Å². The van der Waals surface area contributed by atoms with E-state index in [-0.39, 0.29) is 17.9 Å². The molecule has 1 amide bonds. The molecule has 0 bridgehead atoms. The number of piperazine rings is 1. The van der Waals surface area contributed by atoms with Crippen molar-refractivity contribution < 1.29 is 4.79 Å². The lowest BCUT2D eigenvalue weighted by Crippen LogP contribution is -2.54. The van der Waals surface area contributed by atoms with E-state index in [1.165, 1.54) is 11.3 Å². The average molecular weight is 353 g/mol. The summed E-state index contributed by atoms with van der Waals surface area (Å²) in [6, 6.07) is 8.56. The van der Waals surface area contributed by atoms with Gasteiger partial charge in [-0.25, -0.2) is 9.97 Å². The molecule has 0 saturated carbocycles. The summed E-state index contributed by atoms with van der Waals surface area (Å²) in [5.74, 6) is 0.387. The molecule has 1 saturated heterocycles. The van der Waals surface area contributed by atoms with Crippen LogP contribution in [0.2, 0.25) is 0 Å². The van der Waals surface area contributed by atoms with Crippen molar-refractivity contribution in [3.8, 4) is 0 Å². The molecule has 6 nitrogen and oxygen atoms in total. The fraction of sp³-hybridized carbons (Fsp3) is 0.450. The van der Waals surface area contributed by atoms with Crippen molar-refractivity contribution in [2.45, 2.75) is 40.2 Å². The van der Waals surface area contributed by atoms with Crippen molar-refractivity contribution in [3.63, 3.8) is 0 Å². The van der Waals surface area contributed by atoms with Crippen LogP contribution in [0.15, 0.2) is 24.3 Å². The number of nitrogen functional groups attached to an aromatic ring is 1. The Bertz CT molecular complexity index is 797. The van der Waals surface area contributed by atoms with Gasteiger partial charge >= 0.3 is 0 Å². The van der Waals surface area contributed by atoms with Gasteiger partial charge in [-0.1, -0.05) is 18.2 Å². The Hall–Kier alpha value is -2.63. The number of rotatable bonds is 3. The number of amides is 1. The molecule has 138 valence electrons. The maximum absolute atomic E-state index is 12.9. The van der Waals surface area contributed by atoms with E-state index in [1.54, 1.807) is 0 Å². The number of hydrogen-bond donors (Lipinski definition) is 1. The maximum atomic E-state index is 12.9. The van der Waals surface area contributed by atoms with Gasteiger partial charge in [-0.15, -0.1) is 0 Å². The molecule has 2 heterocycles. The van der Waals surface area contributed by atoms with Crippen LogP contribution in [0.3, 0.4) is 0 Å². The Morgan fingerprint density at radius 1 is 1.15 bits per heavy atom. The van der Waals surface area contributed by atoms with Crippen LogP contribution in [-0.2, 0) is 11.2 Å². The van der Waals surface area contributed by atoms with E-state index in [0.717, 1.165) is 36.6 Å². The minimum absolute atomic E-state index is 0.126. The molecule has 2 aromatic rings. The van der Waals surface area contributed by atoms with Crippen molar-refractivity contribution in [2.75, 3.05) is 30.3 Å². The first-order valence-corrected chi connectivity index (χ1v) is 9.06. The minimum Gasteiger partial charge on any atom is -0.368 e. The second-order valence-electron chi connectivity index (χ2n) is 7.08. The van der Waals surface area contributed by atoms with Crippen molar-refractivity contribution >= 4 is 17.5 Å². The van der Waals surface area contributed by atoms with E-state index in [4.69, 9.17) is 5.73 Å². The zero-order valence-electron chi connectivity index (χ0n) is 16.0. The van der Waals surface area contributed by atoms with Gasteiger partial charge in [0.05, 0.1) is 6.42 Å². The molecule has 3 rings (SSSR count). The van der Waals surface area contributed by atoms with E-state index in [0.29, 0.717) is 6.42 Å². The van der Waals surface area contributed by atoms with Gasteiger partial charge in [0, 0.05) is 48.3 Å². The summed E-state index contributed by atoms with van der Waals surface area (Å²) < 4.78 is 0. The van der Waals surface area contributed by atoms with Crippen molar-refractivity contribution in [3.05, 3.63) is 46.8 Å². The SMILES string of the molecule is Cc1ccccc1N1CCN(C(=O)Cc2c(C)nc(N)nc2C)C(C)C1. The topological polar surface area (TPSA) is 75.3 Å². The van der Waals surface area contributed by atoms with Crippen LogP contribution in [0.25, 0.3) is 0 Å². The molecule has 1 unspecified atom stereocenters. The Labute approximate surface area is 155 Å². The highest BCUT2D eigenvalue weighted by molar-refractivity contribution is 5.80. The first-order valence-electron chi connectivity index (χ1n) is 9.06. The molecule has 0 spiro atoms. The van der Waals surface area contributed by atoms with Crippen LogP contribution in [-0.4, -0.2) is 46.5 Å². The molecule has 0 aliphatic carbocycles. The molecule has 1 aliphatic rings. The molecule has 26 heavy (non-hydrogen) atoms. The molecule has 1 atom stereocenters. The van der Waals surface area contributed by atoms with Gasteiger partial charge in [0.25, 0.3) is 0 Å². The van der Waals surface area contributed by atoms with Crippen LogP contribution in [0.5, 0.6) is 0 Å². The number of aromatic nitrogens is 2. The summed E-state index contributed by atoms with van der Waals surface area (Å²) in [4.78, 5) is 25.6. The van der Waals surface area contributed by atoms with Crippen LogP contribution in [0.4, 0.5) is 11.6 Å². The lowest BCUT2D eigenvalue weighted by molar-refractivity contribution is -0.132. The number of anilines is 2. The quantitative estimate of drug-likeness (QED) is 0.916. The number of benzene rings is 1. The summed E-state index contributed by atoms with van der Waals surface area (Å²) in [6.45, 7) is 10.4. The van der Waals surface area contributed by atoms with E-state index in [1.807, 2.05) is 18.7 Å². The third-order valence-corrected chi connectivity index (χ3v) is 5.17. The van der Waals surface area contributed by atoms with Crippen LogP contribution in [0.1, 0.15) is 29.4 Å². The van der Waals surface area contributed by atoms with Crippen molar-refractivity contribution in [2.24, 2.45) is 0 Å². The van der Waals surface area contributed by atoms with Gasteiger partial charge in [-0.2, -0.15) is 0 Å². The predicted octanol–water partition coefficient (Wildman–Crippen LogP) is 2.26. The summed E-state index contributed by atoms with van der Waals surface area (Å²) in [5, 5.41) is 0. The Morgan fingerprint density at radius 3 is 2.42 bits per heavy atom. The largest absolute Gasteiger partial charge is 0.368 e. The van der Waals surface area contributed by atoms with Crippen molar-refractivity contribution in [1.29, 1.82) is 0 Å². The average Bonchev–Trinajstić information content (AvgIpc) is 2.58. The smallest absolute Gasteiger partial charge is 0.227 e. The first-order chi connectivity index (χ1) is 12.4. The summed E-state index contributed by atoms with van der Waals surface area (Å²) >= 11 is 0. The summed E-state index contributed by atoms with van der Waals surface area (Å²) in [7, 11) is 0. The fourth-order valence-electron chi connectivity index (χ4n) is 3.74. The number of carbonyl (C=O) groups is 1. The summed E-state index contributed by atoms with van der Waals surface area (Å²) in [6.07, 6.45) is 0.326. The first kappa shape index (κ1) is 18.2. The third-order valence-electron chi connectivity index (χ3n) is 5.17. The van der Waals surface area contributed by atoms with Gasteiger partial charge < -0.3 is 15.5 Å². The molecule has 1 fully saturated rings. The van der Waals surface area contributed by atoms with Crippen LogP contribution in [0, 0.1) is 20.8 Å². The summed E-state index contributed by atoms with van der Waals surface area (Å²) in [5.41, 5.74) is 10.7. The normalized spacial score (nSPS) is 17.5. The monoisotopic (exact) mass is 353 g/mol. The van der Waals surface area contributed by atoms with E-state index in [9.17, 15) is 4.79 Å². The predicted molar refractivity (Wildman–Crippen MR) is 104 cm³/mol. The standard InChI is InChI=1S/C20H27N5O/c1-13-7-5-6-8-18(13)24-9-10-25(14(2)12-24)19(26)11-17-15(3)22-20(21)23-16(17)4/h5-8,14H,9-12H2,1-4H3,(H2,21,22,23). The molecule has 1 aliphatic heterocycles. The highest BCUT2D eigenvalue weighted by Gasteiger charge is 2.28. The fourth-order valence-corrected chi connectivity index (χ4v) is 3.74. The number of para-hydroxylation sites is 1. The zero-order chi connectivity index (χ0) is 18.8. The van der Waals surface area contributed by atoms with Gasteiger partial charge in [-0.3, -0.25) is 4.79 Å².